The number of sulfone groups is 1. The molecule has 1 rings (SSSR count). The van der Waals surface area contributed by atoms with Crippen LogP contribution in [0.5, 0.6) is 0 Å². The van der Waals surface area contributed by atoms with Crippen LogP contribution >= 0.6 is 0 Å². The fourth-order valence-corrected chi connectivity index (χ4v) is 2.05. The number of aryl methyl sites for hydroxylation is 1. The van der Waals surface area contributed by atoms with Crippen molar-refractivity contribution in [2.75, 3.05) is 12.0 Å². The van der Waals surface area contributed by atoms with Gasteiger partial charge in [0.15, 0.2) is 5.78 Å². The Morgan fingerprint density at radius 3 is 2.69 bits per heavy atom. The molecule has 0 aromatic carbocycles. The van der Waals surface area contributed by atoms with Crippen LogP contribution in [0.2, 0.25) is 0 Å². The summed E-state index contributed by atoms with van der Waals surface area (Å²) in [5.41, 5.74) is 1.45. The first-order chi connectivity index (χ1) is 7.40. The van der Waals surface area contributed by atoms with Gasteiger partial charge in [0.2, 0.25) is 0 Å². The topological polar surface area (TPSA) is 64.1 Å². The Morgan fingerprint density at radius 2 is 2.12 bits per heavy atom. The Kier molecular flexibility index (Phi) is 4.18. The number of carbonyl (C=O) groups excluding carboxylic acids is 1. The maximum Gasteiger partial charge on any atom is 0.164 e. The zero-order valence-electron chi connectivity index (χ0n) is 9.43. The van der Waals surface area contributed by atoms with Gasteiger partial charge >= 0.3 is 0 Å². The molecule has 5 heteroatoms. The number of hydrogen-bond donors (Lipinski definition) is 0. The van der Waals surface area contributed by atoms with E-state index in [1.54, 1.807) is 12.3 Å². The minimum atomic E-state index is -2.98. The molecule has 0 N–H and O–H groups in total. The number of carbonyl (C=O) groups is 1. The molecule has 0 spiro atoms. The van der Waals surface area contributed by atoms with E-state index < -0.39 is 9.84 Å². The molecule has 0 aliphatic rings. The third-order valence-electron chi connectivity index (χ3n) is 2.26. The Morgan fingerprint density at radius 1 is 1.44 bits per heavy atom. The van der Waals surface area contributed by atoms with E-state index in [4.69, 9.17) is 0 Å². The molecular formula is C11H15NO3S. The Labute approximate surface area is 95.6 Å². The van der Waals surface area contributed by atoms with Crippen LogP contribution < -0.4 is 0 Å². The molecule has 0 radical (unpaired) electrons. The van der Waals surface area contributed by atoms with Gasteiger partial charge in [-0.15, -0.1) is 0 Å². The lowest BCUT2D eigenvalue weighted by molar-refractivity contribution is 0.0981. The third-order valence-corrected chi connectivity index (χ3v) is 3.29. The van der Waals surface area contributed by atoms with Crippen LogP contribution in [0.15, 0.2) is 18.5 Å². The SMILES string of the molecule is Cc1ccncc1C(=O)CCCS(C)(=O)=O. The zero-order chi connectivity index (χ0) is 12.2. The van der Waals surface area contributed by atoms with Gasteiger partial charge in [-0.25, -0.2) is 8.42 Å². The lowest BCUT2D eigenvalue weighted by Gasteiger charge is -2.03. The average Bonchev–Trinajstić information content (AvgIpc) is 2.16. The number of ketones is 1. The van der Waals surface area contributed by atoms with Crippen molar-refractivity contribution in [1.29, 1.82) is 0 Å². The van der Waals surface area contributed by atoms with Gasteiger partial charge in [0.25, 0.3) is 0 Å². The highest BCUT2D eigenvalue weighted by atomic mass is 32.2. The summed E-state index contributed by atoms with van der Waals surface area (Å²) in [5, 5.41) is 0. The fraction of sp³-hybridized carbons (Fsp3) is 0.455. The third kappa shape index (κ3) is 4.10. The van der Waals surface area contributed by atoms with Crippen LogP contribution in [-0.2, 0) is 9.84 Å². The predicted molar refractivity (Wildman–Crippen MR) is 62.2 cm³/mol. The van der Waals surface area contributed by atoms with Crippen LogP contribution in [0, 0.1) is 6.92 Å². The van der Waals surface area contributed by atoms with Gasteiger partial charge in [-0.1, -0.05) is 0 Å². The summed E-state index contributed by atoms with van der Waals surface area (Å²) in [6, 6.07) is 1.77. The lowest BCUT2D eigenvalue weighted by Crippen LogP contribution is -2.07. The van der Waals surface area contributed by atoms with Crippen LogP contribution in [0.25, 0.3) is 0 Å². The van der Waals surface area contributed by atoms with E-state index in [9.17, 15) is 13.2 Å². The normalized spacial score (nSPS) is 11.4. The predicted octanol–water partition coefficient (Wildman–Crippen LogP) is 1.40. The summed E-state index contributed by atoms with van der Waals surface area (Å²) in [6.07, 6.45) is 4.94. The molecule has 0 amide bonds. The van der Waals surface area contributed by atoms with Crippen LogP contribution in [0.1, 0.15) is 28.8 Å². The smallest absolute Gasteiger partial charge is 0.164 e. The van der Waals surface area contributed by atoms with E-state index in [-0.39, 0.29) is 18.0 Å². The molecule has 16 heavy (non-hydrogen) atoms. The van der Waals surface area contributed by atoms with Crippen molar-refractivity contribution in [3.8, 4) is 0 Å². The number of aromatic nitrogens is 1. The van der Waals surface area contributed by atoms with E-state index in [1.807, 2.05) is 6.92 Å². The molecule has 0 aliphatic carbocycles. The van der Waals surface area contributed by atoms with Gasteiger partial charge < -0.3 is 0 Å². The van der Waals surface area contributed by atoms with Gasteiger partial charge in [-0.2, -0.15) is 0 Å². The van der Waals surface area contributed by atoms with E-state index in [0.29, 0.717) is 12.0 Å². The highest BCUT2D eigenvalue weighted by Gasteiger charge is 2.10. The number of hydrogen-bond acceptors (Lipinski definition) is 4. The van der Waals surface area contributed by atoms with Crippen molar-refractivity contribution in [2.24, 2.45) is 0 Å². The summed E-state index contributed by atoms with van der Waals surface area (Å²) in [5.74, 6) is 0.00663. The van der Waals surface area contributed by atoms with Crippen LogP contribution in [-0.4, -0.2) is 31.2 Å². The van der Waals surface area contributed by atoms with Gasteiger partial charge in [-0.05, 0) is 25.0 Å². The summed E-state index contributed by atoms with van der Waals surface area (Å²) < 4.78 is 21.8. The Balaban J connectivity index is 2.57. The quantitative estimate of drug-likeness (QED) is 0.731. The molecule has 0 saturated heterocycles. The number of Topliss-reactive ketones (excluding diaryl/α,β-unsaturated/α-hetero) is 1. The van der Waals surface area contributed by atoms with E-state index in [0.717, 1.165) is 5.56 Å². The average molecular weight is 241 g/mol. The molecule has 0 unspecified atom stereocenters. The van der Waals surface area contributed by atoms with Gasteiger partial charge in [-0.3, -0.25) is 9.78 Å². The largest absolute Gasteiger partial charge is 0.294 e. The van der Waals surface area contributed by atoms with Gasteiger partial charge in [0.05, 0.1) is 5.75 Å². The molecule has 88 valence electrons. The maximum absolute atomic E-state index is 11.7. The van der Waals surface area contributed by atoms with Crippen LogP contribution in [0.4, 0.5) is 0 Å². The summed E-state index contributed by atoms with van der Waals surface area (Å²) in [7, 11) is -2.98. The Hall–Kier alpha value is -1.23. The van der Waals surface area contributed by atoms with Gasteiger partial charge in [0, 0.05) is 30.6 Å². The minimum absolute atomic E-state index is 0.0470. The first-order valence-electron chi connectivity index (χ1n) is 5.02. The van der Waals surface area contributed by atoms with Crippen molar-refractivity contribution >= 4 is 15.6 Å². The maximum atomic E-state index is 11.7. The standard InChI is InChI=1S/C11H15NO3S/c1-9-5-6-12-8-10(9)11(13)4-3-7-16(2,14)15/h5-6,8H,3-4,7H2,1-2H3. The summed E-state index contributed by atoms with van der Waals surface area (Å²) in [6.45, 7) is 1.84. The molecule has 0 bridgehead atoms. The zero-order valence-corrected chi connectivity index (χ0v) is 10.3. The van der Waals surface area contributed by atoms with Gasteiger partial charge in [0.1, 0.15) is 9.84 Å². The Bertz CT molecular complexity index is 480. The van der Waals surface area contributed by atoms with Crippen molar-refractivity contribution in [3.05, 3.63) is 29.6 Å². The minimum Gasteiger partial charge on any atom is -0.294 e. The van der Waals surface area contributed by atoms with E-state index in [2.05, 4.69) is 4.98 Å². The lowest BCUT2D eigenvalue weighted by atomic mass is 10.0. The summed E-state index contributed by atoms with van der Waals surface area (Å²) in [4.78, 5) is 15.6. The highest BCUT2D eigenvalue weighted by molar-refractivity contribution is 7.90. The van der Waals surface area contributed by atoms with Crippen molar-refractivity contribution in [2.45, 2.75) is 19.8 Å². The van der Waals surface area contributed by atoms with E-state index >= 15 is 0 Å². The number of nitrogens with zero attached hydrogens (tertiary/aromatic N) is 1. The first kappa shape index (κ1) is 12.8. The molecule has 4 nitrogen and oxygen atoms in total. The first-order valence-corrected chi connectivity index (χ1v) is 7.08. The monoisotopic (exact) mass is 241 g/mol. The fourth-order valence-electron chi connectivity index (χ4n) is 1.39. The van der Waals surface area contributed by atoms with Crippen molar-refractivity contribution in [1.82, 2.24) is 4.98 Å². The molecule has 1 aromatic heterocycles. The van der Waals surface area contributed by atoms with Crippen molar-refractivity contribution < 1.29 is 13.2 Å². The second kappa shape index (κ2) is 5.21. The highest BCUT2D eigenvalue weighted by Crippen LogP contribution is 2.09. The molecular weight excluding hydrogens is 226 g/mol. The van der Waals surface area contributed by atoms with Crippen LogP contribution in [0.3, 0.4) is 0 Å². The molecule has 0 aliphatic heterocycles. The molecule has 0 fully saturated rings. The van der Waals surface area contributed by atoms with Crippen molar-refractivity contribution in [3.63, 3.8) is 0 Å². The summed E-state index contributed by atoms with van der Waals surface area (Å²) >= 11 is 0. The van der Waals surface area contributed by atoms with E-state index in [1.165, 1.54) is 12.5 Å². The molecule has 0 atom stereocenters. The second-order valence-electron chi connectivity index (χ2n) is 3.85. The number of pyridine rings is 1. The molecule has 1 heterocycles. The molecule has 0 saturated carbocycles. The second-order valence-corrected chi connectivity index (χ2v) is 6.11. The number of rotatable bonds is 5. The molecule has 1 aromatic rings.